The molecule has 1 aliphatic heterocycles. The second-order valence-corrected chi connectivity index (χ2v) is 6.96. The van der Waals surface area contributed by atoms with Crippen LogP contribution in [0.1, 0.15) is 39.5 Å². The van der Waals surface area contributed by atoms with Gasteiger partial charge < -0.3 is 14.9 Å². The predicted octanol–water partition coefficient (Wildman–Crippen LogP) is 1.11. The van der Waals surface area contributed by atoms with Gasteiger partial charge in [0.2, 0.25) is 11.8 Å². The van der Waals surface area contributed by atoms with E-state index in [1.807, 2.05) is 30.7 Å². The van der Waals surface area contributed by atoms with E-state index in [9.17, 15) is 14.7 Å². The van der Waals surface area contributed by atoms with Gasteiger partial charge in [0.15, 0.2) is 0 Å². The molecule has 1 heterocycles. The van der Waals surface area contributed by atoms with Crippen molar-refractivity contribution in [3.8, 4) is 0 Å². The fraction of sp³-hybridized carbons (Fsp3) is 0.875. The zero-order valence-corrected chi connectivity index (χ0v) is 13.4. The number of hydrogen-bond donors (Lipinski definition) is 1. The van der Waals surface area contributed by atoms with Gasteiger partial charge in [-0.15, -0.1) is 0 Å². The highest BCUT2D eigenvalue weighted by Gasteiger charge is 2.33. The number of carbonyl (C=O) groups is 2. The van der Waals surface area contributed by atoms with Gasteiger partial charge in [-0.05, 0) is 31.6 Å². The van der Waals surface area contributed by atoms with Crippen LogP contribution in [-0.2, 0) is 9.59 Å². The van der Waals surface area contributed by atoms with Crippen LogP contribution in [0.25, 0.3) is 0 Å². The summed E-state index contributed by atoms with van der Waals surface area (Å²) in [5.41, 5.74) is 0. The summed E-state index contributed by atoms with van der Waals surface area (Å²) in [5.74, 6) is 0.934. The van der Waals surface area contributed by atoms with Crippen molar-refractivity contribution in [1.82, 2.24) is 9.80 Å². The number of aliphatic hydroxyl groups is 1. The van der Waals surface area contributed by atoms with E-state index in [0.717, 1.165) is 32.2 Å². The van der Waals surface area contributed by atoms with Gasteiger partial charge in [0.05, 0.1) is 6.10 Å². The Labute approximate surface area is 127 Å². The van der Waals surface area contributed by atoms with Crippen molar-refractivity contribution in [3.63, 3.8) is 0 Å². The van der Waals surface area contributed by atoms with E-state index in [1.165, 1.54) is 0 Å². The predicted molar refractivity (Wildman–Crippen MR) is 80.5 cm³/mol. The Morgan fingerprint density at radius 2 is 1.81 bits per heavy atom. The first-order valence-corrected chi connectivity index (χ1v) is 8.10. The summed E-state index contributed by atoms with van der Waals surface area (Å²) in [6, 6.07) is 0. The zero-order chi connectivity index (χ0) is 15.6. The Morgan fingerprint density at radius 1 is 1.24 bits per heavy atom. The number of aliphatic hydroxyl groups excluding tert-OH is 1. The lowest BCUT2D eigenvalue weighted by Gasteiger charge is -2.37. The van der Waals surface area contributed by atoms with Crippen molar-refractivity contribution >= 4 is 11.8 Å². The molecular formula is C16H28N2O3. The van der Waals surface area contributed by atoms with Crippen molar-refractivity contribution in [2.24, 2.45) is 17.8 Å². The average molecular weight is 296 g/mol. The van der Waals surface area contributed by atoms with E-state index in [4.69, 9.17) is 0 Å². The third-order valence-corrected chi connectivity index (χ3v) is 4.77. The minimum atomic E-state index is -0.163. The number of rotatable bonds is 4. The summed E-state index contributed by atoms with van der Waals surface area (Å²) in [6.45, 7) is 5.98. The molecule has 0 aromatic rings. The highest BCUT2D eigenvalue weighted by Crippen LogP contribution is 2.28. The molecule has 2 amide bonds. The summed E-state index contributed by atoms with van der Waals surface area (Å²) in [5, 5.41) is 9.30. The number of carbonyl (C=O) groups excluding carboxylic acids is 2. The van der Waals surface area contributed by atoms with Crippen LogP contribution in [0.2, 0.25) is 0 Å². The van der Waals surface area contributed by atoms with Gasteiger partial charge in [-0.25, -0.2) is 0 Å². The molecule has 0 bridgehead atoms. The zero-order valence-electron chi connectivity index (χ0n) is 13.4. The monoisotopic (exact) mass is 296 g/mol. The molecule has 2 aliphatic rings. The van der Waals surface area contributed by atoms with Crippen LogP contribution >= 0.6 is 0 Å². The lowest BCUT2D eigenvalue weighted by molar-refractivity contribution is -0.142. The maximum Gasteiger partial charge on any atom is 0.225 e. The van der Waals surface area contributed by atoms with E-state index >= 15 is 0 Å². The molecule has 2 rings (SSSR count). The minimum absolute atomic E-state index is 0.0324. The molecule has 0 spiro atoms. The highest BCUT2D eigenvalue weighted by molar-refractivity contribution is 5.80. The highest BCUT2D eigenvalue weighted by atomic mass is 16.3. The topological polar surface area (TPSA) is 60.9 Å². The molecule has 0 aromatic heterocycles. The summed E-state index contributed by atoms with van der Waals surface area (Å²) in [4.78, 5) is 28.1. The van der Waals surface area contributed by atoms with Crippen LogP contribution < -0.4 is 0 Å². The molecule has 21 heavy (non-hydrogen) atoms. The standard InChI is InChI=1S/C16H28N2O3/c1-11(2)15(20)18-6-4-13(5-7-18)16(21)17(3)10-12-8-14(19)9-12/h11-14,19H,4-10H2,1-3H3. The first-order chi connectivity index (χ1) is 9.88. The largest absolute Gasteiger partial charge is 0.393 e. The number of likely N-dealkylation sites (tertiary alicyclic amines) is 1. The minimum Gasteiger partial charge on any atom is -0.393 e. The molecule has 1 aliphatic carbocycles. The van der Waals surface area contributed by atoms with Gasteiger partial charge in [-0.3, -0.25) is 9.59 Å². The molecule has 5 nitrogen and oxygen atoms in total. The molecule has 0 radical (unpaired) electrons. The number of amides is 2. The van der Waals surface area contributed by atoms with Crippen LogP contribution in [0.4, 0.5) is 0 Å². The van der Waals surface area contributed by atoms with E-state index < -0.39 is 0 Å². The van der Waals surface area contributed by atoms with Gasteiger partial charge >= 0.3 is 0 Å². The molecule has 1 N–H and O–H groups in total. The Balaban J connectivity index is 1.76. The first-order valence-electron chi connectivity index (χ1n) is 8.10. The second-order valence-electron chi connectivity index (χ2n) is 6.96. The third kappa shape index (κ3) is 3.96. The molecule has 1 saturated carbocycles. The van der Waals surface area contributed by atoms with E-state index in [1.54, 1.807) is 0 Å². The smallest absolute Gasteiger partial charge is 0.225 e. The third-order valence-electron chi connectivity index (χ3n) is 4.77. The SMILES string of the molecule is CC(C)C(=O)N1CCC(C(=O)N(C)CC2CC(O)C2)CC1. The van der Waals surface area contributed by atoms with Crippen LogP contribution in [0, 0.1) is 17.8 Å². The maximum absolute atomic E-state index is 12.4. The molecule has 0 atom stereocenters. The van der Waals surface area contributed by atoms with E-state index in [2.05, 4.69) is 0 Å². The van der Waals surface area contributed by atoms with Gasteiger partial charge in [-0.1, -0.05) is 13.8 Å². The average Bonchev–Trinajstić information content (AvgIpc) is 2.44. The van der Waals surface area contributed by atoms with Gasteiger partial charge in [0, 0.05) is 38.5 Å². The van der Waals surface area contributed by atoms with Gasteiger partial charge in [-0.2, -0.15) is 0 Å². The molecule has 1 saturated heterocycles. The Hall–Kier alpha value is -1.10. The Bertz CT molecular complexity index is 383. The normalized spacial score (nSPS) is 26.6. The van der Waals surface area contributed by atoms with Crippen LogP contribution in [0.5, 0.6) is 0 Å². The van der Waals surface area contributed by atoms with Crippen molar-refractivity contribution in [1.29, 1.82) is 0 Å². The summed E-state index contributed by atoms with van der Waals surface area (Å²) in [7, 11) is 1.86. The molecule has 5 heteroatoms. The molecule has 0 aromatic carbocycles. The Morgan fingerprint density at radius 3 is 2.29 bits per heavy atom. The molecular weight excluding hydrogens is 268 g/mol. The first kappa shape index (κ1) is 16.3. The molecule has 120 valence electrons. The van der Waals surface area contributed by atoms with Gasteiger partial charge in [0.25, 0.3) is 0 Å². The Kier molecular flexibility index (Phi) is 5.25. The van der Waals surface area contributed by atoms with Crippen LogP contribution in [0.3, 0.4) is 0 Å². The maximum atomic E-state index is 12.4. The van der Waals surface area contributed by atoms with E-state index in [0.29, 0.717) is 19.0 Å². The van der Waals surface area contributed by atoms with Crippen molar-refractivity contribution in [3.05, 3.63) is 0 Å². The fourth-order valence-corrected chi connectivity index (χ4v) is 3.35. The van der Waals surface area contributed by atoms with Crippen molar-refractivity contribution in [2.75, 3.05) is 26.7 Å². The number of hydrogen-bond acceptors (Lipinski definition) is 3. The van der Waals surface area contributed by atoms with Gasteiger partial charge in [0.1, 0.15) is 0 Å². The fourth-order valence-electron chi connectivity index (χ4n) is 3.35. The second kappa shape index (κ2) is 6.77. The lowest BCUT2D eigenvalue weighted by atomic mass is 9.82. The lowest BCUT2D eigenvalue weighted by Crippen LogP contribution is -2.46. The molecule has 2 fully saturated rings. The van der Waals surface area contributed by atoms with Crippen LogP contribution in [-0.4, -0.2) is 59.5 Å². The number of piperidine rings is 1. The summed E-state index contributed by atoms with van der Waals surface area (Å²) < 4.78 is 0. The van der Waals surface area contributed by atoms with Crippen molar-refractivity contribution < 1.29 is 14.7 Å². The van der Waals surface area contributed by atoms with Crippen LogP contribution in [0.15, 0.2) is 0 Å². The molecule has 0 unspecified atom stereocenters. The quantitative estimate of drug-likeness (QED) is 0.845. The number of nitrogens with zero attached hydrogens (tertiary/aromatic N) is 2. The van der Waals surface area contributed by atoms with Crippen molar-refractivity contribution in [2.45, 2.75) is 45.6 Å². The summed E-state index contributed by atoms with van der Waals surface area (Å²) >= 11 is 0. The summed E-state index contributed by atoms with van der Waals surface area (Å²) in [6.07, 6.45) is 3.02. The van der Waals surface area contributed by atoms with E-state index in [-0.39, 0.29) is 29.8 Å².